The fraction of sp³-hybridized carbons (Fsp3) is 0.200. The molecule has 0 fully saturated rings. The van der Waals surface area contributed by atoms with Gasteiger partial charge in [-0.1, -0.05) is 12.1 Å². The van der Waals surface area contributed by atoms with E-state index in [9.17, 15) is 14.0 Å². The Kier molecular flexibility index (Phi) is 5.42. The zero-order valence-corrected chi connectivity index (χ0v) is 15.4. The fourth-order valence-corrected chi connectivity index (χ4v) is 3.51. The summed E-state index contributed by atoms with van der Waals surface area (Å²) < 4.78 is 12.9. The van der Waals surface area contributed by atoms with E-state index in [1.807, 2.05) is 26.0 Å². The van der Waals surface area contributed by atoms with Gasteiger partial charge in [0.25, 0.3) is 0 Å². The number of fused-ring (bicyclic) bond motifs is 1. The third-order valence-electron chi connectivity index (χ3n) is 4.08. The van der Waals surface area contributed by atoms with Crippen molar-refractivity contribution in [1.29, 1.82) is 0 Å². The van der Waals surface area contributed by atoms with Gasteiger partial charge in [0.1, 0.15) is 5.82 Å². The normalized spacial score (nSPS) is 10.9. The molecule has 0 bridgehead atoms. The largest absolute Gasteiger partial charge is 0.357 e. The number of rotatable bonds is 5. The van der Waals surface area contributed by atoms with Gasteiger partial charge in [-0.3, -0.25) is 9.59 Å². The number of carbonyl (C=O) groups excluding carboxylic acids is 1. The van der Waals surface area contributed by atoms with Gasteiger partial charge in [-0.25, -0.2) is 4.39 Å². The summed E-state index contributed by atoms with van der Waals surface area (Å²) in [6.45, 7) is 3.88. The molecular weight excluding hydrogens is 351 g/mol. The van der Waals surface area contributed by atoms with Gasteiger partial charge in [0.2, 0.25) is 5.91 Å². The molecule has 2 N–H and O–H groups in total. The molecule has 1 heterocycles. The van der Waals surface area contributed by atoms with Gasteiger partial charge in [-0.2, -0.15) is 0 Å². The number of halogens is 1. The molecule has 134 valence electrons. The minimum Gasteiger partial charge on any atom is -0.357 e. The molecule has 6 heteroatoms. The summed E-state index contributed by atoms with van der Waals surface area (Å²) in [5.74, 6) is 0.250. The van der Waals surface area contributed by atoms with E-state index in [2.05, 4.69) is 10.3 Å². The predicted octanol–water partition coefficient (Wildman–Crippen LogP) is 4.16. The van der Waals surface area contributed by atoms with Crippen molar-refractivity contribution in [3.05, 3.63) is 75.3 Å². The fourth-order valence-electron chi connectivity index (χ4n) is 2.78. The van der Waals surface area contributed by atoms with Crippen molar-refractivity contribution in [2.75, 3.05) is 11.1 Å². The van der Waals surface area contributed by atoms with Crippen LogP contribution in [0, 0.1) is 19.7 Å². The molecule has 1 aromatic heterocycles. The van der Waals surface area contributed by atoms with Crippen molar-refractivity contribution < 1.29 is 9.18 Å². The van der Waals surface area contributed by atoms with Gasteiger partial charge < -0.3 is 10.3 Å². The quantitative estimate of drug-likeness (QED) is 0.709. The van der Waals surface area contributed by atoms with E-state index >= 15 is 0 Å². The maximum Gasteiger partial charge on any atom is 0.234 e. The molecule has 0 aliphatic carbocycles. The summed E-state index contributed by atoms with van der Waals surface area (Å²) in [6.07, 6.45) is 0. The minimum atomic E-state index is -0.344. The lowest BCUT2D eigenvalue weighted by Crippen LogP contribution is -2.14. The van der Waals surface area contributed by atoms with E-state index in [0.717, 1.165) is 22.3 Å². The van der Waals surface area contributed by atoms with E-state index in [1.165, 1.54) is 36.0 Å². The molecule has 1 amide bonds. The van der Waals surface area contributed by atoms with E-state index in [4.69, 9.17) is 0 Å². The van der Waals surface area contributed by atoms with Crippen LogP contribution in [0.5, 0.6) is 0 Å². The summed E-state index contributed by atoms with van der Waals surface area (Å²) in [5.41, 5.74) is 4.15. The highest BCUT2D eigenvalue weighted by Gasteiger charge is 2.08. The number of carbonyl (C=O) groups is 1. The molecule has 0 aliphatic heterocycles. The van der Waals surface area contributed by atoms with Crippen LogP contribution in [-0.2, 0) is 10.5 Å². The zero-order valence-electron chi connectivity index (χ0n) is 14.6. The first-order valence-electron chi connectivity index (χ1n) is 8.19. The summed E-state index contributed by atoms with van der Waals surface area (Å²) in [6, 6.07) is 11.2. The van der Waals surface area contributed by atoms with Gasteiger partial charge in [0.15, 0.2) is 5.43 Å². The number of nitrogens with one attached hydrogen (secondary N) is 2. The van der Waals surface area contributed by atoms with Gasteiger partial charge in [0.05, 0.1) is 11.3 Å². The van der Waals surface area contributed by atoms with E-state index < -0.39 is 0 Å². The monoisotopic (exact) mass is 370 g/mol. The molecule has 3 aromatic rings. The Hall–Kier alpha value is -2.60. The maximum atomic E-state index is 12.9. The Bertz CT molecular complexity index is 1010. The van der Waals surface area contributed by atoms with Crippen LogP contribution in [0.4, 0.5) is 10.1 Å². The van der Waals surface area contributed by atoms with Gasteiger partial charge in [-0.05, 0) is 49.2 Å². The molecule has 2 aromatic carbocycles. The molecule has 0 saturated carbocycles. The average molecular weight is 370 g/mol. The number of aryl methyl sites for hydroxylation is 2. The second kappa shape index (κ2) is 7.74. The smallest absolute Gasteiger partial charge is 0.234 e. The van der Waals surface area contributed by atoms with Crippen molar-refractivity contribution >= 4 is 34.3 Å². The molecule has 0 atom stereocenters. The molecule has 0 radical (unpaired) electrons. The highest BCUT2D eigenvalue weighted by molar-refractivity contribution is 7.99. The Balaban J connectivity index is 1.64. The summed E-state index contributed by atoms with van der Waals surface area (Å²) >= 11 is 1.41. The molecule has 0 saturated heterocycles. The van der Waals surface area contributed by atoms with Crippen molar-refractivity contribution in [3.8, 4) is 0 Å². The van der Waals surface area contributed by atoms with Crippen LogP contribution in [0.25, 0.3) is 10.9 Å². The zero-order chi connectivity index (χ0) is 18.7. The second-order valence-corrected chi connectivity index (χ2v) is 7.14. The van der Waals surface area contributed by atoms with Crippen LogP contribution >= 0.6 is 11.8 Å². The number of hydrogen-bond donors (Lipinski definition) is 2. The van der Waals surface area contributed by atoms with E-state index in [1.54, 1.807) is 6.07 Å². The Labute approximate surface area is 154 Å². The second-order valence-electron chi connectivity index (χ2n) is 6.16. The van der Waals surface area contributed by atoms with Crippen molar-refractivity contribution in [1.82, 2.24) is 4.98 Å². The van der Waals surface area contributed by atoms with Gasteiger partial charge in [0, 0.05) is 28.6 Å². The standard InChI is InChI=1S/C20H19FN2O2S/c1-12-3-4-13(2)20-19(12)17(24)9-16(23-20)10-26-11-18(25)22-15-7-5-14(21)6-8-15/h3-9H,10-11H2,1-2H3,(H,22,25)(H,23,24). The number of hydrogen-bond acceptors (Lipinski definition) is 3. The third kappa shape index (κ3) is 4.14. The molecule has 0 unspecified atom stereocenters. The molecule has 4 nitrogen and oxygen atoms in total. The SMILES string of the molecule is Cc1ccc(C)c2c(=O)cc(CSCC(=O)Nc3ccc(F)cc3)[nH]c12. The number of anilines is 1. The number of amides is 1. The average Bonchev–Trinajstić information content (AvgIpc) is 2.60. The lowest BCUT2D eigenvalue weighted by Gasteiger charge is -2.09. The Morgan fingerprint density at radius 1 is 1.12 bits per heavy atom. The first kappa shape index (κ1) is 18.2. The van der Waals surface area contributed by atoms with Gasteiger partial charge in [-0.15, -0.1) is 11.8 Å². The van der Waals surface area contributed by atoms with Crippen molar-refractivity contribution in [2.24, 2.45) is 0 Å². The van der Waals surface area contributed by atoms with E-state index in [-0.39, 0.29) is 22.9 Å². The lowest BCUT2D eigenvalue weighted by atomic mass is 10.0. The van der Waals surface area contributed by atoms with Crippen LogP contribution < -0.4 is 10.7 Å². The van der Waals surface area contributed by atoms with E-state index in [0.29, 0.717) is 16.8 Å². The highest BCUT2D eigenvalue weighted by Crippen LogP contribution is 2.19. The number of aromatic nitrogens is 1. The number of H-pyrrole nitrogens is 1. The van der Waals surface area contributed by atoms with Crippen LogP contribution in [0.15, 0.2) is 47.3 Å². The van der Waals surface area contributed by atoms with Crippen molar-refractivity contribution in [2.45, 2.75) is 19.6 Å². The number of aromatic amines is 1. The van der Waals surface area contributed by atoms with Crippen LogP contribution in [0.2, 0.25) is 0 Å². The third-order valence-corrected chi connectivity index (χ3v) is 5.06. The Morgan fingerprint density at radius 3 is 2.54 bits per heavy atom. The summed E-state index contributed by atoms with van der Waals surface area (Å²) in [5, 5.41) is 3.43. The number of pyridine rings is 1. The first-order valence-corrected chi connectivity index (χ1v) is 9.35. The molecule has 0 aliphatic rings. The highest BCUT2D eigenvalue weighted by atomic mass is 32.2. The van der Waals surface area contributed by atoms with Crippen molar-refractivity contribution in [3.63, 3.8) is 0 Å². The molecule has 3 rings (SSSR count). The number of thioether (sulfide) groups is 1. The molecule has 26 heavy (non-hydrogen) atoms. The van der Waals surface area contributed by atoms with Crippen LogP contribution in [-0.4, -0.2) is 16.6 Å². The summed E-state index contributed by atoms with van der Waals surface area (Å²) in [4.78, 5) is 27.7. The van der Waals surface area contributed by atoms with Gasteiger partial charge >= 0.3 is 0 Å². The topological polar surface area (TPSA) is 62.0 Å². The summed E-state index contributed by atoms with van der Waals surface area (Å²) in [7, 11) is 0. The first-order chi connectivity index (χ1) is 12.4. The lowest BCUT2D eigenvalue weighted by molar-refractivity contribution is -0.113. The van der Waals surface area contributed by atoms with Crippen LogP contribution in [0.1, 0.15) is 16.8 Å². The molecular formula is C20H19FN2O2S. The molecule has 0 spiro atoms. The van der Waals surface area contributed by atoms with Crippen LogP contribution in [0.3, 0.4) is 0 Å². The Morgan fingerprint density at radius 2 is 1.81 bits per heavy atom. The number of benzene rings is 2. The maximum absolute atomic E-state index is 12.9. The predicted molar refractivity (Wildman–Crippen MR) is 105 cm³/mol. The minimum absolute atomic E-state index is 0.00804.